The summed E-state index contributed by atoms with van der Waals surface area (Å²) in [5, 5.41) is 8.95. The van der Waals surface area contributed by atoms with Gasteiger partial charge in [-0.3, -0.25) is 4.79 Å². The maximum Gasteiger partial charge on any atom is 0.335 e. The highest BCUT2D eigenvalue weighted by atomic mass is 16.5. The molecule has 132 valence electrons. The average molecular weight is 341 g/mol. The fraction of sp³-hybridized carbons (Fsp3) is 0.300. The first-order valence-corrected chi connectivity index (χ1v) is 7.98. The van der Waals surface area contributed by atoms with Crippen molar-refractivity contribution in [2.75, 3.05) is 14.2 Å². The molecule has 0 unspecified atom stereocenters. The predicted octanol–water partition coefficient (Wildman–Crippen LogP) is 3.33. The largest absolute Gasteiger partial charge is 0.496 e. The molecule has 2 rings (SSSR count). The van der Waals surface area contributed by atoms with Crippen LogP contribution in [0.1, 0.15) is 35.3 Å². The number of nitrogens with zero attached hydrogens (tertiary/aromatic N) is 1. The molecule has 5 heteroatoms. The number of carbonyl (C=O) groups is 2. The van der Waals surface area contributed by atoms with Gasteiger partial charge < -0.3 is 14.7 Å². The van der Waals surface area contributed by atoms with Crippen molar-refractivity contribution in [1.82, 2.24) is 4.90 Å². The van der Waals surface area contributed by atoms with E-state index < -0.39 is 11.4 Å². The Morgan fingerprint density at radius 2 is 1.68 bits per heavy atom. The number of carboxylic acids is 1. The number of rotatable bonds is 6. The topological polar surface area (TPSA) is 66.8 Å². The lowest BCUT2D eigenvalue weighted by molar-refractivity contribution is -0.135. The predicted molar refractivity (Wildman–Crippen MR) is 95.9 cm³/mol. The van der Waals surface area contributed by atoms with Crippen molar-refractivity contribution in [3.63, 3.8) is 0 Å². The Morgan fingerprint density at radius 3 is 2.24 bits per heavy atom. The molecule has 0 saturated carbocycles. The van der Waals surface area contributed by atoms with Gasteiger partial charge in [0.2, 0.25) is 5.91 Å². The summed E-state index contributed by atoms with van der Waals surface area (Å²) in [5.74, 6) is -0.326. The quantitative estimate of drug-likeness (QED) is 0.875. The van der Waals surface area contributed by atoms with Gasteiger partial charge in [-0.15, -0.1) is 0 Å². The van der Waals surface area contributed by atoms with E-state index in [1.54, 1.807) is 43.3 Å². The molecule has 5 nitrogen and oxygen atoms in total. The number of methoxy groups -OCH3 is 1. The monoisotopic (exact) mass is 341 g/mol. The van der Waals surface area contributed by atoms with Gasteiger partial charge in [0.05, 0.1) is 18.1 Å². The number of hydrogen-bond donors (Lipinski definition) is 1. The Hall–Kier alpha value is -2.82. The molecule has 0 bridgehead atoms. The highest BCUT2D eigenvalue weighted by Crippen LogP contribution is 2.33. The van der Waals surface area contributed by atoms with E-state index in [-0.39, 0.29) is 11.5 Å². The molecule has 2 aromatic rings. The molecule has 0 spiro atoms. The second-order valence-electron chi connectivity index (χ2n) is 6.49. The van der Waals surface area contributed by atoms with Crippen LogP contribution in [0.5, 0.6) is 5.75 Å². The Balaban J connectivity index is 2.19. The molecule has 0 aromatic heterocycles. The van der Waals surface area contributed by atoms with Crippen molar-refractivity contribution in [1.29, 1.82) is 0 Å². The number of amides is 1. The highest BCUT2D eigenvalue weighted by molar-refractivity contribution is 5.88. The second kappa shape index (κ2) is 7.38. The van der Waals surface area contributed by atoms with Gasteiger partial charge in [-0.2, -0.15) is 0 Å². The minimum absolute atomic E-state index is 0.0423. The van der Waals surface area contributed by atoms with E-state index >= 15 is 0 Å². The van der Waals surface area contributed by atoms with Gasteiger partial charge in [-0.1, -0.05) is 30.3 Å². The second-order valence-corrected chi connectivity index (χ2v) is 6.49. The Bertz CT molecular complexity index is 766. The van der Waals surface area contributed by atoms with Gasteiger partial charge in [0, 0.05) is 19.2 Å². The number of ether oxygens (including phenoxy) is 1. The average Bonchev–Trinajstić information content (AvgIpc) is 2.61. The lowest BCUT2D eigenvalue weighted by Crippen LogP contribution is -2.41. The molecule has 1 N–H and O–H groups in total. The summed E-state index contributed by atoms with van der Waals surface area (Å²) < 4.78 is 5.39. The summed E-state index contributed by atoms with van der Waals surface area (Å²) in [6.07, 6.45) is 0. The van der Waals surface area contributed by atoms with Crippen LogP contribution in [0.3, 0.4) is 0 Å². The van der Waals surface area contributed by atoms with Crippen LogP contribution in [-0.4, -0.2) is 36.0 Å². The third-order valence-electron chi connectivity index (χ3n) is 4.28. The van der Waals surface area contributed by atoms with Crippen LogP contribution in [0, 0.1) is 0 Å². The summed E-state index contributed by atoms with van der Waals surface area (Å²) in [4.78, 5) is 25.5. The van der Waals surface area contributed by atoms with Crippen LogP contribution in [0.15, 0.2) is 48.5 Å². The molecule has 0 radical (unpaired) electrons. The van der Waals surface area contributed by atoms with Crippen molar-refractivity contribution < 1.29 is 19.4 Å². The van der Waals surface area contributed by atoms with Crippen molar-refractivity contribution in [2.24, 2.45) is 0 Å². The molecule has 0 fully saturated rings. The fourth-order valence-electron chi connectivity index (χ4n) is 2.85. The van der Waals surface area contributed by atoms with Gasteiger partial charge in [-0.25, -0.2) is 4.79 Å². The van der Waals surface area contributed by atoms with E-state index in [1.165, 1.54) is 0 Å². The third kappa shape index (κ3) is 3.99. The maximum atomic E-state index is 13.0. The number of hydrogen-bond acceptors (Lipinski definition) is 3. The van der Waals surface area contributed by atoms with E-state index in [4.69, 9.17) is 9.84 Å². The lowest BCUT2D eigenvalue weighted by Gasteiger charge is -2.31. The van der Waals surface area contributed by atoms with Crippen LogP contribution >= 0.6 is 0 Å². The van der Waals surface area contributed by atoms with Crippen LogP contribution in [0.25, 0.3) is 0 Å². The lowest BCUT2D eigenvalue weighted by atomic mass is 9.82. The van der Waals surface area contributed by atoms with E-state index in [9.17, 15) is 9.59 Å². The smallest absolute Gasteiger partial charge is 0.335 e. The maximum absolute atomic E-state index is 13.0. The van der Waals surface area contributed by atoms with Gasteiger partial charge in [0.25, 0.3) is 0 Å². The van der Waals surface area contributed by atoms with Gasteiger partial charge in [0.15, 0.2) is 0 Å². The zero-order chi connectivity index (χ0) is 18.6. The van der Waals surface area contributed by atoms with E-state index in [1.807, 2.05) is 38.1 Å². The van der Waals surface area contributed by atoms with Crippen molar-refractivity contribution in [2.45, 2.75) is 25.8 Å². The van der Waals surface area contributed by atoms with Gasteiger partial charge in [0.1, 0.15) is 5.75 Å². The minimum atomic E-state index is -0.965. The van der Waals surface area contributed by atoms with Crippen LogP contribution in [-0.2, 0) is 16.8 Å². The van der Waals surface area contributed by atoms with E-state index in [0.29, 0.717) is 12.3 Å². The van der Waals surface area contributed by atoms with Crippen LogP contribution in [0.4, 0.5) is 0 Å². The molecule has 0 aliphatic rings. The van der Waals surface area contributed by atoms with Gasteiger partial charge in [-0.05, 0) is 37.6 Å². The number of aromatic carboxylic acids is 1. The van der Waals surface area contributed by atoms with E-state index in [0.717, 1.165) is 11.1 Å². The first kappa shape index (κ1) is 18.5. The molecule has 1 amide bonds. The Morgan fingerprint density at radius 1 is 1.08 bits per heavy atom. The zero-order valence-electron chi connectivity index (χ0n) is 14.9. The number of para-hydroxylation sites is 1. The normalized spacial score (nSPS) is 11.0. The fourth-order valence-corrected chi connectivity index (χ4v) is 2.85. The van der Waals surface area contributed by atoms with Crippen molar-refractivity contribution >= 4 is 11.9 Å². The van der Waals surface area contributed by atoms with Crippen molar-refractivity contribution in [3.05, 3.63) is 65.2 Å². The summed E-state index contributed by atoms with van der Waals surface area (Å²) in [5.41, 5.74) is 1.18. The summed E-state index contributed by atoms with van der Waals surface area (Å²) in [7, 11) is 3.33. The number of benzene rings is 2. The molecule has 0 aliphatic carbocycles. The highest BCUT2D eigenvalue weighted by Gasteiger charge is 2.34. The number of likely N-dealkylation sites (N-methyl/N-ethyl adjacent to an activating group) is 1. The molecule has 2 aromatic carbocycles. The molecular weight excluding hydrogens is 318 g/mol. The summed E-state index contributed by atoms with van der Waals surface area (Å²) >= 11 is 0. The first-order chi connectivity index (χ1) is 11.8. The zero-order valence-corrected chi connectivity index (χ0v) is 14.9. The molecule has 0 atom stereocenters. The molecule has 0 saturated heterocycles. The molecule has 25 heavy (non-hydrogen) atoms. The third-order valence-corrected chi connectivity index (χ3v) is 4.28. The molecular formula is C20H23NO4. The summed E-state index contributed by atoms with van der Waals surface area (Å²) in [6.45, 7) is 4.14. The molecule has 0 aliphatic heterocycles. The van der Waals surface area contributed by atoms with Crippen LogP contribution < -0.4 is 4.74 Å². The van der Waals surface area contributed by atoms with Crippen LogP contribution in [0.2, 0.25) is 0 Å². The Kier molecular flexibility index (Phi) is 5.47. The van der Waals surface area contributed by atoms with Gasteiger partial charge >= 0.3 is 5.97 Å². The first-order valence-electron chi connectivity index (χ1n) is 7.98. The standard InChI is InChI=1S/C20H23NO4/c1-20(2,16-7-5-6-8-17(16)25-4)19(24)21(3)13-14-9-11-15(12-10-14)18(22)23/h5-12H,13H2,1-4H3,(H,22,23). The van der Waals surface area contributed by atoms with Crippen molar-refractivity contribution in [3.8, 4) is 5.75 Å². The SMILES string of the molecule is COc1ccccc1C(C)(C)C(=O)N(C)Cc1ccc(C(=O)O)cc1. The number of carbonyl (C=O) groups excluding carboxylic acids is 1. The number of carboxylic acid groups (broad SMARTS) is 1. The molecule has 0 heterocycles. The summed E-state index contributed by atoms with van der Waals surface area (Å²) in [6, 6.07) is 14.0. The minimum Gasteiger partial charge on any atom is -0.496 e. The Labute approximate surface area is 147 Å². The van der Waals surface area contributed by atoms with E-state index in [2.05, 4.69) is 0 Å².